The van der Waals surface area contributed by atoms with Gasteiger partial charge in [0.15, 0.2) is 11.5 Å². The summed E-state index contributed by atoms with van der Waals surface area (Å²) in [6, 6.07) is 15.3. The summed E-state index contributed by atoms with van der Waals surface area (Å²) in [5.74, 6) is 0.237. The fraction of sp³-hybridized carbons (Fsp3) is 0.333. The normalized spacial score (nSPS) is 10.8. The lowest BCUT2D eigenvalue weighted by molar-refractivity contribution is -0.208. The van der Waals surface area contributed by atoms with Crippen molar-refractivity contribution in [3.63, 3.8) is 0 Å². The van der Waals surface area contributed by atoms with Gasteiger partial charge in [0.05, 0.1) is 26.4 Å². The topological polar surface area (TPSA) is 89.5 Å². The lowest BCUT2D eigenvalue weighted by atomic mass is 9.78. The predicted molar refractivity (Wildman–Crippen MR) is 130 cm³/mol. The van der Waals surface area contributed by atoms with Gasteiger partial charge >= 0.3 is 11.9 Å². The second-order valence-electron chi connectivity index (χ2n) is 7.93. The van der Waals surface area contributed by atoms with Crippen LogP contribution in [-0.4, -0.2) is 38.4 Å². The van der Waals surface area contributed by atoms with E-state index in [1.165, 1.54) is 0 Å². The van der Waals surface area contributed by atoms with Crippen molar-refractivity contribution in [2.75, 3.05) is 26.4 Å². The molecule has 0 bridgehead atoms. The summed E-state index contributed by atoms with van der Waals surface area (Å²) in [6.45, 7) is 12.0. The first-order valence-corrected chi connectivity index (χ1v) is 11.2. The van der Waals surface area contributed by atoms with Crippen molar-refractivity contribution in [1.29, 1.82) is 0 Å². The number of rotatable bonds is 16. The number of carbonyl (C=O) groups excluding carboxylic acids is 2. The Bertz CT molecular complexity index is 871. The van der Waals surface area contributed by atoms with Crippen LogP contribution in [0, 0.1) is 0 Å². The third-order valence-corrected chi connectivity index (χ3v) is 5.03. The number of hydrogen-bond donors (Lipinski definition) is 0. The average Bonchev–Trinajstić information content (AvgIpc) is 2.88. The molecule has 2 aromatic carbocycles. The monoisotopic (exact) mass is 484 g/mol. The Hall–Kier alpha value is -3.62. The van der Waals surface area contributed by atoms with Gasteiger partial charge in [-0.2, -0.15) is 9.78 Å². The molecule has 0 aliphatic rings. The minimum Gasteiger partial charge on any atom is -0.462 e. The molecule has 0 aliphatic heterocycles. The zero-order valence-electron chi connectivity index (χ0n) is 20.2. The van der Waals surface area contributed by atoms with E-state index >= 15 is 0 Å². The Balaban J connectivity index is 1.77. The van der Waals surface area contributed by atoms with Crippen LogP contribution in [0.5, 0.6) is 11.5 Å². The zero-order valence-corrected chi connectivity index (χ0v) is 20.2. The highest BCUT2D eigenvalue weighted by molar-refractivity contribution is 5.81. The van der Waals surface area contributed by atoms with Crippen molar-refractivity contribution in [2.24, 2.45) is 0 Å². The van der Waals surface area contributed by atoms with Gasteiger partial charge in [-0.05, 0) is 35.4 Å². The molecule has 0 fully saturated rings. The van der Waals surface area contributed by atoms with E-state index in [1.807, 2.05) is 48.5 Å². The van der Waals surface area contributed by atoms with Crippen LogP contribution in [0.2, 0.25) is 0 Å². The van der Waals surface area contributed by atoms with Crippen LogP contribution in [-0.2, 0) is 34.3 Å². The molecule has 0 aliphatic carbocycles. The van der Waals surface area contributed by atoms with Crippen LogP contribution in [0.1, 0.15) is 37.8 Å². The van der Waals surface area contributed by atoms with E-state index in [2.05, 4.69) is 27.0 Å². The van der Waals surface area contributed by atoms with Gasteiger partial charge in [0.1, 0.15) is 0 Å². The molecule has 0 spiro atoms. The largest absolute Gasteiger partial charge is 0.462 e. The Labute approximate surface area is 205 Å². The van der Waals surface area contributed by atoms with Crippen LogP contribution in [0.25, 0.3) is 0 Å². The van der Waals surface area contributed by atoms with E-state index in [-0.39, 0.29) is 18.6 Å². The maximum atomic E-state index is 11.0. The van der Waals surface area contributed by atoms with Crippen LogP contribution in [0.15, 0.2) is 73.8 Å². The second kappa shape index (κ2) is 14.6. The minimum atomic E-state index is -0.458. The van der Waals surface area contributed by atoms with Crippen LogP contribution < -0.4 is 9.78 Å². The molecule has 0 atom stereocenters. The fourth-order valence-corrected chi connectivity index (χ4v) is 2.94. The summed E-state index contributed by atoms with van der Waals surface area (Å²) in [6.07, 6.45) is 3.27. The van der Waals surface area contributed by atoms with Crippen LogP contribution in [0.4, 0.5) is 0 Å². The first-order valence-electron chi connectivity index (χ1n) is 11.2. The Morgan fingerprint density at radius 1 is 0.686 bits per heavy atom. The molecule has 0 heterocycles. The molecule has 0 saturated carbocycles. The lowest BCUT2D eigenvalue weighted by Crippen LogP contribution is -2.18. The smallest absolute Gasteiger partial charge is 0.330 e. The van der Waals surface area contributed by atoms with E-state index in [1.54, 1.807) is 0 Å². The second-order valence-corrected chi connectivity index (χ2v) is 7.93. The molecule has 0 N–H and O–H groups in total. The first kappa shape index (κ1) is 27.6. The first-order chi connectivity index (χ1) is 16.9. The van der Waals surface area contributed by atoms with Crippen molar-refractivity contribution in [1.82, 2.24) is 0 Å². The predicted octanol–water partition coefficient (Wildman–Crippen LogP) is 4.87. The van der Waals surface area contributed by atoms with Gasteiger partial charge in [-0.15, -0.1) is 0 Å². The highest BCUT2D eigenvalue weighted by Crippen LogP contribution is 2.33. The van der Waals surface area contributed by atoms with E-state index in [0.717, 1.165) is 23.3 Å². The molecule has 0 unspecified atom stereocenters. The Morgan fingerprint density at radius 3 is 1.40 bits per heavy atom. The third-order valence-electron chi connectivity index (χ3n) is 5.03. The van der Waals surface area contributed by atoms with E-state index in [0.29, 0.717) is 37.6 Å². The zero-order chi connectivity index (χ0) is 25.5. The van der Waals surface area contributed by atoms with Crippen LogP contribution in [0.3, 0.4) is 0 Å². The number of ether oxygens (including phenoxy) is 2. The summed E-state index contributed by atoms with van der Waals surface area (Å²) in [5, 5.41) is 0. The molecular weight excluding hydrogens is 452 g/mol. The number of benzene rings is 2. The molecule has 0 aromatic heterocycles. The number of esters is 2. The van der Waals surface area contributed by atoms with Gasteiger partial charge in [0.2, 0.25) is 0 Å². The van der Waals surface area contributed by atoms with Gasteiger partial charge in [-0.3, -0.25) is 0 Å². The van der Waals surface area contributed by atoms with Gasteiger partial charge in [-0.1, -0.05) is 51.3 Å². The third kappa shape index (κ3) is 9.64. The molecule has 188 valence electrons. The summed E-state index contributed by atoms with van der Waals surface area (Å²) in [5.41, 5.74) is 1.93. The molecular formula is C27H32O8. The summed E-state index contributed by atoms with van der Waals surface area (Å²) < 4.78 is 9.73. The fourth-order valence-electron chi connectivity index (χ4n) is 2.94. The van der Waals surface area contributed by atoms with Crippen molar-refractivity contribution in [3.05, 3.63) is 85.0 Å². The highest BCUT2D eigenvalue weighted by atomic mass is 17.2. The molecule has 0 amide bonds. The van der Waals surface area contributed by atoms with Crippen molar-refractivity contribution in [3.8, 4) is 11.5 Å². The maximum absolute atomic E-state index is 11.0. The van der Waals surface area contributed by atoms with Crippen LogP contribution >= 0.6 is 0 Å². The van der Waals surface area contributed by atoms with Gasteiger partial charge in [0, 0.05) is 30.4 Å². The minimum absolute atomic E-state index is 0.241. The van der Waals surface area contributed by atoms with Gasteiger partial charge in [0.25, 0.3) is 0 Å². The maximum Gasteiger partial charge on any atom is 0.330 e. The summed E-state index contributed by atoms with van der Waals surface area (Å²) in [7, 11) is 0. The molecule has 2 aromatic rings. The Morgan fingerprint density at radius 2 is 1.06 bits per heavy atom. The van der Waals surface area contributed by atoms with E-state index in [4.69, 9.17) is 29.0 Å². The molecule has 0 radical (unpaired) electrons. The van der Waals surface area contributed by atoms with Crippen molar-refractivity contribution >= 4 is 11.9 Å². The standard InChI is InChI=1S/C27H32O8/c1-5-25(28)30-17-7-19-32-34-23-13-9-21(10-14-23)27(3,4)22-11-15-24(16-12-22)35-33-20-8-18-31-26(29)6-2/h5-6,9-16H,1-2,7-8,17-20H2,3-4H3. The van der Waals surface area contributed by atoms with Gasteiger partial charge < -0.3 is 19.2 Å². The van der Waals surface area contributed by atoms with E-state index in [9.17, 15) is 9.59 Å². The lowest BCUT2D eigenvalue weighted by Gasteiger charge is -2.26. The van der Waals surface area contributed by atoms with Crippen molar-refractivity contribution in [2.45, 2.75) is 32.1 Å². The SMILES string of the molecule is C=CC(=O)OCCCOOc1ccc(C(C)(C)c2ccc(OOCCCOC(=O)C=C)cc2)cc1. The van der Waals surface area contributed by atoms with E-state index < -0.39 is 11.9 Å². The highest BCUT2D eigenvalue weighted by Gasteiger charge is 2.23. The molecule has 2 rings (SSSR count). The summed E-state index contributed by atoms with van der Waals surface area (Å²) >= 11 is 0. The Kier molecular flexibility index (Phi) is 11.5. The molecule has 8 heteroatoms. The number of carbonyl (C=O) groups is 2. The molecule has 8 nitrogen and oxygen atoms in total. The van der Waals surface area contributed by atoms with Crippen molar-refractivity contribution < 1.29 is 38.6 Å². The summed E-state index contributed by atoms with van der Waals surface area (Å²) in [4.78, 5) is 42.8. The quantitative estimate of drug-likeness (QED) is 0.110. The molecule has 0 saturated heterocycles. The number of hydrogen-bond acceptors (Lipinski definition) is 8. The average molecular weight is 485 g/mol. The molecule has 35 heavy (non-hydrogen) atoms. The van der Waals surface area contributed by atoms with Gasteiger partial charge in [-0.25, -0.2) is 9.59 Å².